The van der Waals surface area contributed by atoms with Crippen LogP contribution in [0.1, 0.15) is 23.2 Å². The highest BCUT2D eigenvalue weighted by molar-refractivity contribution is 7.89. The van der Waals surface area contributed by atoms with Crippen molar-refractivity contribution in [3.8, 4) is 0 Å². The minimum absolute atomic E-state index is 0.0670. The van der Waals surface area contributed by atoms with Crippen molar-refractivity contribution in [2.45, 2.75) is 17.7 Å². The van der Waals surface area contributed by atoms with Crippen LogP contribution in [0.25, 0.3) is 0 Å². The Hall–Kier alpha value is -2.95. The molecule has 0 spiro atoms. The molecule has 0 saturated carbocycles. The molecular weight excluding hydrogens is 444 g/mol. The van der Waals surface area contributed by atoms with Crippen molar-refractivity contribution in [1.82, 2.24) is 4.31 Å². The van der Waals surface area contributed by atoms with Gasteiger partial charge >= 0.3 is 0 Å². The molecule has 2 fully saturated rings. The molecule has 9 nitrogen and oxygen atoms in total. The number of sulfonamides is 1. The molecule has 10 heteroatoms. The molecule has 2 aliphatic rings. The van der Waals surface area contributed by atoms with E-state index in [1.807, 2.05) is 24.3 Å². The van der Waals surface area contributed by atoms with Crippen LogP contribution < -0.4 is 16.0 Å². The first kappa shape index (κ1) is 23.2. The van der Waals surface area contributed by atoms with E-state index in [1.165, 1.54) is 16.4 Å². The van der Waals surface area contributed by atoms with E-state index in [1.54, 1.807) is 12.1 Å². The van der Waals surface area contributed by atoms with Gasteiger partial charge in [-0.2, -0.15) is 4.31 Å². The third-order valence-electron chi connectivity index (χ3n) is 6.09. The predicted molar refractivity (Wildman–Crippen MR) is 125 cm³/mol. The smallest absolute Gasteiger partial charge is 0.255 e. The Morgan fingerprint density at radius 3 is 2.27 bits per heavy atom. The molecule has 4 rings (SSSR count). The highest BCUT2D eigenvalue weighted by atomic mass is 32.2. The topological polar surface area (TPSA) is 122 Å². The van der Waals surface area contributed by atoms with Gasteiger partial charge in [-0.1, -0.05) is 6.07 Å². The van der Waals surface area contributed by atoms with E-state index in [0.717, 1.165) is 31.6 Å². The van der Waals surface area contributed by atoms with Crippen molar-refractivity contribution in [3.05, 3.63) is 54.1 Å². The van der Waals surface area contributed by atoms with Gasteiger partial charge in [0.05, 0.1) is 18.1 Å². The summed E-state index contributed by atoms with van der Waals surface area (Å²) in [6.45, 7) is 2.82. The summed E-state index contributed by atoms with van der Waals surface area (Å²) in [6.07, 6.45) is 1.47. The van der Waals surface area contributed by atoms with Crippen LogP contribution in [-0.4, -0.2) is 63.9 Å². The largest absolute Gasteiger partial charge is 0.379 e. The first-order valence-corrected chi connectivity index (χ1v) is 12.4. The number of rotatable bonds is 6. The summed E-state index contributed by atoms with van der Waals surface area (Å²) >= 11 is 0. The number of carbonyl (C=O) groups is 2. The molecule has 0 radical (unpaired) electrons. The Labute approximate surface area is 193 Å². The van der Waals surface area contributed by atoms with Gasteiger partial charge < -0.3 is 20.7 Å². The van der Waals surface area contributed by atoms with Gasteiger partial charge in [0.15, 0.2) is 0 Å². The maximum Gasteiger partial charge on any atom is 0.255 e. The third-order valence-corrected chi connectivity index (χ3v) is 7.99. The van der Waals surface area contributed by atoms with Crippen molar-refractivity contribution in [2.24, 2.45) is 11.7 Å². The Balaban J connectivity index is 1.40. The van der Waals surface area contributed by atoms with E-state index in [0.29, 0.717) is 32.0 Å². The van der Waals surface area contributed by atoms with Crippen LogP contribution in [-0.2, 0) is 19.6 Å². The van der Waals surface area contributed by atoms with Crippen molar-refractivity contribution < 1.29 is 22.7 Å². The highest BCUT2D eigenvalue weighted by Crippen LogP contribution is 2.25. The maximum absolute atomic E-state index is 12.9. The van der Waals surface area contributed by atoms with Gasteiger partial charge in [0.25, 0.3) is 5.91 Å². The zero-order valence-corrected chi connectivity index (χ0v) is 19.1. The van der Waals surface area contributed by atoms with Crippen LogP contribution in [0.3, 0.4) is 0 Å². The molecule has 0 atom stereocenters. The van der Waals surface area contributed by atoms with Crippen molar-refractivity contribution in [1.29, 1.82) is 0 Å². The number of ether oxygens (including phenoxy) is 1. The second-order valence-corrected chi connectivity index (χ2v) is 10.1. The summed E-state index contributed by atoms with van der Waals surface area (Å²) in [7, 11) is -3.68. The fourth-order valence-electron chi connectivity index (χ4n) is 4.11. The lowest BCUT2D eigenvalue weighted by Crippen LogP contribution is -2.40. The Morgan fingerprint density at radius 1 is 0.970 bits per heavy atom. The first-order valence-electron chi connectivity index (χ1n) is 11.0. The van der Waals surface area contributed by atoms with Crippen molar-refractivity contribution in [2.75, 3.05) is 49.6 Å². The fraction of sp³-hybridized carbons (Fsp3) is 0.391. The van der Waals surface area contributed by atoms with Gasteiger partial charge in [-0.25, -0.2) is 8.42 Å². The number of nitrogens with two attached hydrogens (primary N) is 1. The molecule has 2 saturated heterocycles. The summed E-state index contributed by atoms with van der Waals surface area (Å²) in [4.78, 5) is 26.4. The minimum Gasteiger partial charge on any atom is -0.379 e. The average molecular weight is 473 g/mol. The quantitative estimate of drug-likeness (QED) is 0.659. The average Bonchev–Trinajstić information content (AvgIpc) is 2.85. The number of hydrogen-bond acceptors (Lipinski definition) is 6. The van der Waals surface area contributed by atoms with E-state index in [2.05, 4.69) is 10.2 Å². The van der Waals surface area contributed by atoms with Crippen molar-refractivity contribution in [3.63, 3.8) is 0 Å². The monoisotopic (exact) mass is 472 g/mol. The number of benzene rings is 2. The van der Waals surface area contributed by atoms with Crippen LogP contribution >= 0.6 is 0 Å². The fourth-order valence-corrected chi connectivity index (χ4v) is 5.57. The van der Waals surface area contributed by atoms with Crippen LogP contribution in [0.15, 0.2) is 53.4 Å². The van der Waals surface area contributed by atoms with E-state index >= 15 is 0 Å². The number of amides is 2. The molecule has 2 amide bonds. The second kappa shape index (κ2) is 9.90. The minimum atomic E-state index is -3.68. The second-order valence-electron chi connectivity index (χ2n) is 8.21. The van der Waals surface area contributed by atoms with Crippen molar-refractivity contribution >= 4 is 33.2 Å². The zero-order valence-electron chi connectivity index (χ0n) is 18.3. The molecule has 2 aliphatic heterocycles. The van der Waals surface area contributed by atoms with E-state index in [4.69, 9.17) is 10.5 Å². The van der Waals surface area contributed by atoms with Crippen LogP contribution in [0.4, 0.5) is 11.4 Å². The van der Waals surface area contributed by atoms with E-state index < -0.39 is 10.0 Å². The molecule has 2 aromatic rings. The number of morpholine rings is 1. The van der Waals surface area contributed by atoms with Crippen LogP contribution in [0, 0.1) is 5.92 Å². The summed E-state index contributed by atoms with van der Waals surface area (Å²) in [5.41, 5.74) is 7.28. The lowest BCUT2D eigenvalue weighted by Gasteiger charge is -2.32. The lowest BCUT2D eigenvalue weighted by molar-refractivity contribution is -0.122. The van der Waals surface area contributed by atoms with E-state index in [9.17, 15) is 18.0 Å². The molecule has 0 aromatic heterocycles. The van der Waals surface area contributed by atoms with Gasteiger partial charge in [-0.3, -0.25) is 9.59 Å². The van der Waals surface area contributed by atoms with Gasteiger partial charge in [0, 0.05) is 49.0 Å². The molecule has 2 aromatic carbocycles. The molecule has 33 heavy (non-hydrogen) atoms. The predicted octanol–water partition coefficient (Wildman–Crippen LogP) is 1.66. The summed E-state index contributed by atoms with van der Waals surface area (Å²) in [6, 6.07) is 13.5. The molecule has 0 aliphatic carbocycles. The number of anilines is 2. The summed E-state index contributed by atoms with van der Waals surface area (Å²) < 4.78 is 32.4. The summed E-state index contributed by atoms with van der Waals surface area (Å²) in [5.74, 6) is -0.693. The number of primary amides is 1. The molecule has 2 heterocycles. The molecule has 0 bridgehead atoms. The number of hydrogen-bond donors (Lipinski definition) is 2. The number of nitrogens with one attached hydrogen (secondary N) is 1. The maximum atomic E-state index is 12.9. The van der Waals surface area contributed by atoms with Crippen LogP contribution in [0.2, 0.25) is 0 Å². The Bertz CT molecular complexity index is 1110. The Kier molecular flexibility index (Phi) is 6.96. The van der Waals surface area contributed by atoms with Gasteiger partial charge in [-0.05, 0) is 55.3 Å². The molecule has 3 N–H and O–H groups in total. The third kappa shape index (κ3) is 5.35. The zero-order chi connectivity index (χ0) is 23.4. The highest BCUT2D eigenvalue weighted by Gasteiger charge is 2.27. The van der Waals surface area contributed by atoms with Crippen LogP contribution in [0.5, 0.6) is 0 Å². The van der Waals surface area contributed by atoms with Gasteiger partial charge in [0.2, 0.25) is 15.9 Å². The van der Waals surface area contributed by atoms with Gasteiger partial charge in [-0.15, -0.1) is 0 Å². The van der Waals surface area contributed by atoms with Gasteiger partial charge in [0.1, 0.15) is 0 Å². The number of carbonyl (C=O) groups excluding carboxylic acids is 2. The Morgan fingerprint density at radius 2 is 1.64 bits per heavy atom. The number of piperidine rings is 1. The van der Waals surface area contributed by atoms with E-state index in [-0.39, 0.29) is 28.2 Å². The lowest BCUT2D eigenvalue weighted by atomic mass is 9.96. The standard InChI is InChI=1S/C23H28N4O5S/c24-22(28)17-8-10-26(11-9-17)20-6-4-19(5-7-20)25-23(29)18-2-1-3-21(16-18)33(30,31)27-12-14-32-15-13-27/h1-7,16-17H,8-15H2,(H2,24,28)(H,25,29). The first-order chi connectivity index (χ1) is 15.8. The molecule has 0 unspecified atom stereocenters. The summed E-state index contributed by atoms with van der Waals surface area (Å²) in [5, 5.41) is 2.82. The SMILES string of the molecule is NC(=O)C1CCN(c2ccc(NC(=O)c3cccc(S(=O)(=O)N4CCOCC4)c3)cc2)CC1. The molecular formula is C23H28N4O5S. The number of nitrogens with zero attached hydrogens (tertiary/aromatic N) is 2. The normalized spacial score (nSPS) is 18.1. The molecule has 176 valence electrons.